The standard InChI is InChI=1S/C18H29Cl2N/c1-3-5-6-7-8-9-13-17(21-14-4-2)15-11-10-12-16(19)18(15)20/h10-12,17,21H,3-9,13-14H2,1-2H3. The zero-order chi connectivity index (χ0) is 15.5. The van der Waals surface area contributed by atoms with Crippen LogP contribution < -0.4 is 5.32 Å². The third-order valence-corrected chi connectivity index (χ3v) is 4.68. The van der Waals surface area contributed by atoms with Crippen molar-refractivity contribution in [3.8, 4) is 0 Å². The summed E-state index contributed by atoms with van der Waals surface area (Å²) in [6.07, 6.45) is 10.2. The van der Waals surface area contributed by atoms with Crippen molar-refractivity contribution < 1.29 is 0 Å². The maximum atomic E-state index is 6.38. The molecule has 1 aromatic carbocycles. The molecule has 0 aliphatic rings. The lowest BCUT2D eigenvalue weighted by molar-refractivity contribution is 0.466. The van der Waals surface area contributed by atoms with Gasteiger partial charge in [-0.15, -0.1) is 0 Å². The highest BCUT2D eigenvalue weighted by molar-refractivity contribution is 6.42. The van der Waals surface area contributed by atoms with E-state index in [1.165, 1.54) is 38.5 Å². The average molecular weight is 330 g/mol. The van der Waals surface area contributed by atoms with Gasteiger partial charge in [0.25, 0.3) is 0 Å². The van der Waals surface area contributed by atoms with Crippen LogP contribution in [0.5, 0.6) is 0 Å². The van der Waals surface area contributed by atoms with Crippen LogP contribution >= 0.6 is 23.2 Å². The summed E-state index contributed by atoms with van der Waals surface area (Å²) in [6.45, 7) is 5.46. The van der Waals surface area contributed by atoms with Gasteiger partial charge in [-0.25, -0.2) is 0 Å². The number of unbranched alkanes of at least 4 members (excludes halogenated alkanes) is 5. The maximum absolute atomic E-state index is 6.38. The van der Waals surface area contributed by atoms with Gasteiger partial charge in [0.2, 0.25) is 0 Å². The summed E-state index contributed by atoms with van der Waals surface area (Å²) in [5, 5.41) is 4.97. The average Bonchev–Trinajstić information content (AvgIpc) is 2.49. The molecule has 1 rings (SSSR count). The van der Waals surface area contributed by atoms with Gasteiger partial charge >= 0.3 is 0 Å². The molecule has 120 valence electrons. The Labute approximate surface area is 140 Å². The molecule has 1 nitrogen and oxygen atoms in total. The van der Waals surface area contributed by atoms with Crippen LogP contribution in [0.15, 0.2) is 18.2 Å². The Morgan fingerprint density at radius 2 is 1.67 bits per heavy atom. The van der Waals surface area contributed by atoms with E-state index in [-0.39, 0.29) is 0 Å². The first-order valence-electron chi connectivity index (χ1n) is 8.38. The minimum Gasteiger partial charge on any atom is -0.310 e. The molecule has 0 radical (unpaired) electrons. The zero-order valence-corrected chi connectivity index (χ0v) is 14.9. The molecule has 0 saturated carbocycles. The first kappa shape index (κ1) is 18.8. The molecule has 0 heterocycles. The first-order valence-corrected chi connectivity index (χ1v) is 9.13. The minimum atomic E-state index is 0.322. The van der Waals surface area contributed by atoms with Crippen LogP contribution in [-0.4, -0.2) is 6.54 Å². The van der Waals surface area contributed by atoms with E-state index in [4.69, 9.17) is 23.2 Å². The highest BCUT2D eigenvalue weighted by Gasteiger charge is 2.15. The zero-order valence-electron chi connectivity index (χ0n) is 13.4. The quantitative estimate of drug-likeness (QED) is 0.441. The third-order valence-electron chi connectivity index (χ3n) is 3.84. The third kappa shape index (κ3) is 7.04. The lowest BCUT2D eigenvalue weighted by Crippen LogP contribution is -2.22. The largest absolute Gasteiger partial charge is 0.310 e. The summed E-state index contributed by atoms with van der Waals surface area (Å²) in [5.41, 5.74) is 1.14. The molecule has 1 aromatic rings. The Hall–Kier alpha value is -0.240. The minimum absolute atomic E-state index is 0.322. The van der Waals surface area contributed by atoms with E-state index < -0.39 is 0 Å². The molecule has 3 heteroatoms. The summed E-state index contributed by atoms with van der Waals surface area (Å²) in [7, 11) is 0. The van der Waals surface area contributed by atoms with E-state index in [1.54, 1.807) is 0 Å². The van der Waals surface area contributed by atoms with Crippen molar-refractivity contribution >= 4 is 23.2 Å². The number of nitrogens with one attached hydrogen (secondary N) is 1. The molecule has 0 spiro atoms. The predicted molar refractivity (Wildman–Crippen MR) is 95.5 cm³/mol. The topological polar surface area (TPSA) is 12.0 Å². The second kappa shape index (κ2) is 11.3. The van der Waals surface area contributed by atoms with Gasteiger partial charge in [0.1, 0.15) is 0 Å². The van der Waals surface area contributed by atoms with Gasteiger partial charge in [-0.1, -0.05) is 87.7 Å². The van der Waals surface area contributed by atoms with Crippen molar-refractivity contribution in [2.24, 2.45) is 0 Å². The molecule has 1 atom stereocenters. The second-order valence-electron chi connectivity index (χ2n) is 5.71. The lowest BCUT2D eigenvalue weighted by Gasteiger charge is -2.20. The Morgan fingerprint density at radius 1 is 0.952 bits per heavy atom. The molecule has 1 N–H and O–H groups in total. The molecule has 0 aliphatic carbocycles. The van der Waals surface area contributed by atoms with Crippen LogP contribution in [0.2, 0.25) is 10.0 Å². The maximum Gasteiger partial charge on any atom is 0.0640 e. The molecule has 0 amide bonds. The van der Waals surface area contributed by atoms with Gasteiger partial charge in [0.05, 0.1) is 10.0 Å². The molecule has 0 fully saturated rings. The molecular weight excluding hydrogens is 301 g/mol. The number of halogens is 2. The van der Waals surface area contributed by atoms with Crippen LogP contribution in [0.25, 0.3) is 0 Å². The first-order chi connectivity index (χ1) is 10.2. The second-order valence-corrected chi connectivity index (χ2v) is 6.49. The van der Waals surface area contributed by atoms with Gasteiger partial charge < -0.3 is 5.32 Å². The van der Waals surface area contributed by atoms with Gasteiger partial charge in [-0.3, -0.25) is 0 Å². The van der Waals surface area contributed by atoms with Crippen molar-refractivity contribution in [3.05, 3.63) is 33.8 Å². The molecule has 0 saturated heterocycles. The number of hydrogen-bond acceptors (Lipinski definition) is 1. The van der Waals surface area contributed by atoms with Crippen molar-refractivity contribution in [1.29, 1.82) is 0 Å². The van der Waals surface area contributed by atoms with E-state index in [0.717, 1.165) is 24.9 Å². The molecule has 1 unspecified atom stereocenters. The van der Waals surface area contributed by atoms with E-state index in [9.17, 15) is 0 Å². The van der Waals surface area contributed by atoms with E-state index in [0.29, 0.717) is 16.1 Å². The number of rotatable bonds is 11. The Balaban J connectivity index is 2.53. The fraction of sp³-hybridized carbons (Fsp3) is 0.667. The molecular formula is C18H29Cl2N. The van der Waals surface area contributed by atoms with Gasteiger partial charge in [-0.05, 0) is 31.0 Å². The summed E-state index contributed by atoms with van der Waals surface area (Å²) >= 11 is 12.5. The summed E-state index contributed by atoms with van der Waals surface area (Å²) in [6, 6.07) is 6.27. The smallest absolute Gasteiger partial charge is 0.0640 e. The summed E-state index contributed by atoms with van der Waals surface area (Å²) in [5.74, 6) is 0. The normalized spacial score (nSPS) is 12.6. The number of hydrogen-bond donors (Lipinski definition) is 1. The lowest BCUT2D eigenvalue weighted by atomic mass is 9.99. The highest BCUT2D eigenvalue weighted by Crippen LogP contribution is 2.32. The Kier molecular flexibility index (Phi) is 10.2. The van der Waals surface area contributed by atoms with Crippen molar-refractivity contribution in [1.82, 2.24) is 5.32 Å². The van der Waals surface area contributed by atoms with Crippen LogP contribution in [0, 0.1) is 0 Å². The van der Waals surface area contributed by atoms with E-state index in [2.05, 4.69) is 25.2 Å². The van der Waals surface area contributed by atoms with Crippen LogP contribution in [0.4, 0.5) is 0 Å². The van der Waals surface area contributed by atoms with Gasteiger partial charge in [0, 0.05) is 6.04 Å². The van der Waals surface area contributed by atoms with Crippen LogP contribution in [0.1, 0.15) is 76.8 Å². The van der Waals surface area contributed by atoms with Crippen molar-refractivity contribution in [2.75, 3.05) is 6.54 Å². The van der Waals surface area contributed by atoms with E-state index >= 15 is 0 Å². The predicted octanol–water partition coefficient (Wildman–Crippen LogP) is 6.78. The number of benzene rings is 1. The van der Waals surface area contributed by atoms with Crippen molar-refractivity contribution in [2.45, 2.75) is 71.3 Å². The fourth-order valence-corrected chi connectivity index (χ4v) is 3.04. The Morgan fingerprint density at radius 3 is 2.38 bits per heavy atom. The summed E-state index contributed by atoms with van der Waals surface area (Å²) in [4.78, 5) is 0. The SMILES string of the molecule is CCCCCCCCC(NCCC)c1cccc(Cl)c1Cl. The van der Waals surface area contributed by atoms with Gasteiger partial charge in [-0.2, -0.15) is 0 Å². The molecule has 0 aliphatic heterocycles. The van der Waals surface area contributed by atoms with E-state index in [1.807, 2.05) is 12.1 Å². The highest BCUT2D eigenvalue weighted by atomic mass is 35.5. The van der Waals surface area contributed by atoms with Gasteiger partial charge in [0.15, 0.2) is 0 Å². The Bertz CT molecular complexity index is 393. The fourth-order valence-electron chi connectivity index (χ4n) is 2.60. The molecule has 21 heavy (non-hydrogen) atoms. The summed E-state index contributed by atoms with van der Waals surface area (Å²) < 4.78 is 0. The molecule has 0 bridgehead atoms. The molecule has 0 aromatic heterocycles. The van der Waals surface area contributed by atoms with Crippen LogP contribution in [0.3, 0.4) is 0 Å². The van der Waals surface area contributed by atoms with Crippen molar-refractivity contribution in [3.63, 3.8) is 0 Å². The monoisotopic (exact) mass is 329 g/mol. The van der Waals surface area contributed by atoms with Crippen LogP contribution in [-0.2, 0) is 0 Å².